The smallest absolute Gasteiger partial charge is 0.266 e. The summed E-state index contributed by atoms with van der Waals surface area (Å²) in [6, 6.07) is 8.24. The number of thioether (sulfide) groups is 1. The Kier molecular flexibility index (Phi) is 5.20. The molecule has 0 saturated carbocycles. The van der Waals surface area contributed by atoms with Gasteiger partial charge in [0.1, 0.15) is 4.32 Å². The van der Waals surface area contributed by atoms with Gasteiger partial charge in [0.25, 0.3) is 5.91 Å². The molecule has 0 aromatic heterocycles. The number of benzene rings is 1. The zero-order chi connectivity index (χ0) is 15.4. The molecular weight excluding hydrogens is 300 g/mol. The van der Waals surface area contributed by atoms with Crippen LogP contribution >= 0.6 is 24.0 Å². The summed E-state index contributed by atoms with van der Waals surface area (Å²) in [7, 11) is 4.03. The number of thiocarbonyl (C=S) groups is 1. The van der Waals surface area contributed by atoms with E-state index in [1.807, 2.05) is 39.2 Å². The summed E-state index contributed by atoms with van der Waals surface area (Å²) < 4.78 is 0.637. The molecule has 1 amide bonds. The second-order valence-electron chi connectivity index (χ2n) is 4.79. The van der Waals surface area contributed by atoms with Crippen molar-refractivity contribution in [1.29, 1.82) is 0 Å². The highest BCUT2D eigenvalue weighted by Crippen LogP contribution is 2.30. The molecule has 0 N–H and O–H groups in total. The number of nitrogens with zero attached hydrogens (tertiary/aromatic N) is 2. The average Bonchev–Trinajstić information content (AvgIpc) is 2.73. The van der Waals surface area contributed by atoms with Gasteiger partial charge in [0.2, 0.25) is 0 Å². The van der Waals surface area contributed by atoms with Crippen molar-refractivity contribution in [3.8, 4) is 0 Å². The average molecular weight is 318 g/mol. The van der Waals surface area contributed by atoms with E-state index in [0.29, 0.717) is 15.8 Å². The van der Waals surface area contributed by atoms with Crippen molar-refractivity contribution in [2.45, 2.75) is 6.92 Å². The Hall–Kier alpha value is -1.59. The zero-order valence-corrected chi connectivity index (χ0v) is 14.0. The van der Waals surface area contributed by atoms with Crippen molar-refractivity contribution in [2.75, 3.05) is 25.5 Å². The Balaban J connectivity index is 2.07. The van der Waals surface area contributed by atoms with Crippen LogP contribution in [0.5, 0.6) is 0 Å². The molecule has 2 rings (SSSR count). The second-order valence-corrected chi connectivity index (χ2v) is 6.47. The van der Waals surface area contributed by atoms with Crippen LogP contribution in [0.25, 0.3) is 6.08 Å². The minimum atomic E-state index is 0.0000979. The Bertz CT molecular complexity index is 603. The van der Waals surface area contributed by atoms with E-state index in [0.717, 1.165) is 11.3 Å². The number of carbonyl (C=O) groups excluding carboxylic acids is 1. The molecule has 0 bridgehead atoms. The van der Waals surface area contributed by atoms with Gasteiger partial charge in [-0.1, -0.05) is 48.3 Å². The van der Waals surface area contributed by atoms with Crippen molar-refractivity contribution in [3.63, 3.8) is 0 Å². The lowest BCUT2D eigenvalue weighted by Gasteiger charge is -2.11. The number of hydrogen-bond donors (Lipinski definition) is 0. The largest absolute Gasteiger partial charge is 0.378 e. The van der Waals surface area contributed by atoms with Crippen LogP contribution in [0.3, 0.4) is 0 Å². The van der Waals surface area contributed by atoms with Crippen LogP contribution in [-0.2, 0) is 4.79 Å². The predicted molar refractivity (Wildman–Crippen MR) is 95.5 cm³/mol. The lowest BCUT2D eigenvalue weighted by atomic mass is 10.2. The number of rotatable bonds is 4. The standard InChI is InChI=1S/C16H18N2OS2/c1-4-18-15(19)14(21-16(18)20)7-5-6-12-8-10-13(11-9-12)17(2)3/h5-11H,4H2,1-3H3. The molecule has 0 unspecified atom stereocenters. The van der Waals surface area contributed by atoms with Crippen LogP contribution in [0.2, 0.25) is 0 Å². The number of allylic oxidation sites excluding steroid dienone is 2. The number of amides is 1. The van der Waals surface area contributed by atoms with Crippen LogP contribution in [0.15, 0.2) is 41.3 Å². The molecule has 1 aliphatic rings. The molecule has 0 aliphatic carbocycles. The van der Waals surface area contributed by atoms with Gasteiger partial charge in [0.05, 0.1) is 4.91 Å². The third-order valence-electron chi connectivity index (χ3n) is 3.14. The summed E-state index contributed by atoms with van der Waals surface area (Å²) in [6.45, 7) is 2.55. The summed E-state index contributed by atoms with van der Waals surface area (Å²) in [5.74, 6) is 0.0000979. The summed E-state index contributed by atoms with van der Waals surface area (Å²) >= 11 is 6.53. The third-order valence-corrected chi connectivity index (χ3v) is 4.53. The van der Waals surface area contributed by atoms with Gasteiger partial charge < -0.3 is 4.90 Å². The van der Waals surface area contributed by atoms with Crippen LogP contribution < -0.4 is 4.90 Å². The van der Waals surface area contributed by atoms with Gasteiger partial charge in [-0.2, -0.15) is 0 Å². The molecule has 1 heterocycles. The molecule has 0 radical (unpaired) electrons. The van der Waals surface area contributed by atoms with Gasteiger partial charge in [0.15, 0.2) is 0 Å². The Morgan fingerprint density at radius 1 is 1.29 bits per heavy atom. The maximum Gasteiger partial charge on any atom is 0.266 e. The number of carbonyl (C=O) groups is 1. The van der Waals surface area contributed by atoms with Crippen LogP contribution in [-0.4, -0.2) is 35.8 Å². The topological polar surface area (TPSA) is 23.6 Å². The zero-order valence-electron chi connectivity index (χ0n) is 12.4. The summed E-state index contributed by atoms with van der Waals surface area (Å²) in [4.78, 5) is 16.4. The minimum Gasteiger partial charge on any atom is -0.378 e. The Morgan fingerprint density at radius 3 is 2.48 bits per heavy atom. The third kappa shape index (κ3) is 3.74. The molecule has 1 aliphatic heterocycles. The molecule has 1 fully saturated rings. The normalized spacial score (nSPS) is 17.3. The number of hydrogen-bond acceptors (Lipinski definition) is 4. The lowest BCUT2D eigenvalue weighted by molar-refractivity contribution is -0.122. The molecule has 1 saturated heterocycles. The van der Waals surface area contributed by atoms with E-state index in [1.165, 1.54) is 11.8 Å². The lowest BCUT2D eigenvalue weighted by Crippen LogP contribution is -2.27. The quantitative estimate of drug-likeness (QED) is 0.626. The first-order chi connectivity index (χ1) is 10.0. The fraction of sp³-hybridized carbons (Fsp3) is 0.250. The van der Waals surface area contributed by atoms with E-state index >= 15 is 0 Å². The van der Waals surface area contributed by atoms with Gasteiger partial charge in [0, 0.05) is 26.3 Å². The SMILES string of the molecule is CCN1C(=O)C(=CC=Cc2ccc(N(C)C)cc2)SC1=S. The van der Waals surface area contributed by atoms with E-state index in [4.69, 9.17) is 12.2 Å². The van der Waals surface area contributed by atoms with Gasteiger partial charge in [-0.05, 0) is 30.7 Å². The molecule has 110 valence electrons. The summed E-state index contributed by atoms with van der Waals surface area (Å²) in [6.07, 6.45) is 5.71. The van der Waals surface area contributed by atoms with E-state index in [1.54, 1.807) is 4.90 Å². The first-order valence-corrected chi connectivity index (χ1v) is 7.95. The van der Waals surface area contributed by atoms with Gasteiger partial charge in [-0.3, -0.25) is 9.69 Å². The summed E-state index contributed by atoms with van der Waals surface area (Å²) in [5, 5.41) is 0. The molecule has 5 heteroatoms. The van der Waals surface area contributed by atoms with Crippen molar-refractivity contribution < 1.29 is 4.79 Å². The molecule has 1 aromatic rings. The fourth-order valence-corrected chi connectivity index (χ4v) is 3.25. The van der Waals surface area contributed by atoms with Crippen LogP contribution in [0, 0.1) is 0 Å². The monoisotopic (exact) mass is 318 g/mol. The van der Waals surface area contributed by atoms with E-state index in [-0.39, 0.29) is 5.91 Å². The first kappa shape index (κ1) is 15.8. The molecule has 1 aromatic carbocycles. The highest BCUT2D eigenvalue weighted by atomic mass is 32.2. The molecule has 21 heavy (non-hydrogen) atoms. The number of likely N-dealkylation sites (N-methyl/N-ethyl adjacent to an activating group) is 1. The maximum atomic E-state index is 12.0. The van der Waals surface area contributed by atoms with Gasteiger partial charge in [-0.25, -0.2) is 0 Å². The second kappa shape index (κ2) is 6.91. The van der Waals surface area contributed by atoms with Crippen LogP contribution in [0.1, 0.15) is 12.5 Å². The minimum absolute atomic E-state index is 0.0000979. The van der Waals surface area contributed by atoms with Gasteiger partial charge >= 0.3 is 0 Å². The highest BCUT2D eigenvalue weighted by molar-refractivity contribution is 8.26. The van der Waals surface area contributed by atoms with Crippen molar-refractivity contribution in [1.82, 2.24) is 4.90 Å². The Morgan fingerprint density at radius 2 is 1.95 bits per heavy atom. The Labute approximate surface area is 135 Å². The van der Waals surface area contributed by atoms with Crippen molar-refractivity contribution in [3.05, 3.63) is 46.9 Å². The molecule has 0 spiro atoms. The molecular formula is C16H18N2OS2. The maximum absolute atomic E-state index is 12.0. The van der Waals surface area contributed by atoms with Crippen molar-refractivity contribution >= 4 is 46.0 Å². The highest BCUT2D eigenvalue weighted by Gasteiger charge is 2.29. The van der Waals surface area contributed by atoms with E-state index in [2.05, 4.69) is 29.2 Å². The first-order valence-electron chi connectivity index (χ1n) is 6.72. The number of anilines is 1. The summed E-state index contributed by atoms with van der Waals surface area (Å²) in [5.41, 5.74) is 2.26. The predicted octanol–water partition coefficient (Wildman–Crippen LogP) is 3.53. The molecule has 3 nitrogen and oxygen atoms in total. The van der Waals surface area contributed by atoms with Crippen LogP contribution in [0.4, 0.5) is 5.69 Å². The van der Waals surface area contributed by atoms with Gasteiger partial charge in [-0.15, -0.1) is 0 Å². The fourth-order valence-electron chi connectivity index (χ4n) is 1.92. The van der Waals surface area contributed by atoms with E-state index in [9.17, 15) is 4.79 Å². The van der Waals surface area contributed by atoms with E-state index < -0.39 is 0 Å². The van der Waals surface area contributed by atoms with Crippen molar-refractivity contribution in [2.24, 2.45) is 0 Å². The molecule has 0 atom stereocenters.